The van der Waals surface area contributed by atoms with E-state index in [1.807, 2.05) is 0 Å². The molecule has 17 heavy (non-hydrogen) atoms. The topological polar surface area (TPSA) is 58.6 Å². The Hall–Kier alpha value is -1.17. The van der Waals surface area contributed by atoms with Gasteiger partial charge in [-0.1, -0.05) is 17.7 Å². The van der Waals surface area contributed by atoms with Gasteiger partial charge in [0.05, 0.1) is 30.4 Å². The minimum atomic E-state index is -0.733. The molecule has 0 fully saturated rings. The van der Waals surface area contributed by atoms with Crippen LogP contribution in [0.2, 0.25) is 5.02 Å². The van der Waals surface area contributed by atoms with Crippen LogP contribution in [0.3, 0.4) is 0 Å². The summed E-state index contributed by atoms with van der Waals surface area (Å²) in [5.74, 6) is -1.28. The first-order valence-corrected chi connectivity index (χ1v) is 5.45. The highest BCUT2D eigenvalue weighted by Crippen LogP contribution is 2.17. The zero-order valence-electron chi connectivity index (χ0n) is 9.08. The molecule has 0 radical (unpaired) electrons. The van der Waals surface area contributed by atoms with Gasteiger partial charge in [0.15, 0.2) is 5.82 Å². The molecule has 0 aliphatic rings. The summed E-state index contributed by atoms with van der Waals surface area (Å²) in [5, 5.41) is 10.8. The Bertz CT molecular complexity index is 387. The molecule has 2 N–H and O–H groups in total. The molecular formula is C11H13ClFNO3. The van der Waals surface area contributed by atoms with Crippen molar-refractivity contribution in [1.82, 2.24) is 5.32 Å². The van der Waals surface area contributed by atoms with Crippen molar-refractivity contribution >= 4 is 17.5 Å². The Labute approximate surface area is 103 Å². The van der Waals surface area contributed by atoms with Gasteiger partial charge >= 0.3 is 0 Å². The summed E-state index contributed by atoms with van der Waals surface area (Å²) in [4.78, 5) is 11.5. The first-order valence-electron chi connectivity index (χ1n) is 5.07. The van der Waals surface area contributed by atoms with Crippen LogP contribution in [0.1, 0.15) is 10.4 Å². The van der Waals surface area contributed by atoms with Crippen molar-refractivity contribution in [2.75, 3.05) is 26.4 Å². The third kappa shape index (κ3) is 4.30. The van der Waals surface area contributed by atoms with Crippen molar-refractivity contribution in [3.8, 4) is 0 Å². The maximum atomic E-state index is 13.4. The zero-order chi connectivity index (χ0) is 12.7. The Morgan fingerprint density at radius 1 is 1.47 bits per heavy atom. The van der Waals surface area contributed by atoms with Crippen LogP contribution in [0.25, 0.3) is 0 Å². The first-order chi connectivity index (χ1) is 8.16. The average molecular weight is 262 g/mol. The number of aliphatic hydroxyl groups excluding tert-OH is 1. The normalized spacial score (nSPS) is 10.3. The Kier molecular flexibility index (Phi) is 5.90. The van der Waals surface area contributed by atoms with Crippen molar-refractivity contribution in [3.05, 3.63) is 34.6 Å². The summed E-state index contributed by atoms with van der Waals surface area (Å²) in [6.45, 7) is 0.636. The lowest BCUT2D eigenvalue weighted by Gasteiger charge is -2.07. The fourth-order valence-corrected chi connectivity index (χ4v) is 1.35. The van der Waals surface area contributed by atoms with E-state index in [0.717, 1.165) is 0 Å². The number of halogens is 2. The van der Waals surface area contributed by atoms with Crippen molar-refractivity contribution in [2.24, 2.45) is 0 Å². The van der Waals surface area contributed by atoms with E-state index < -0.39 is 11.7 Å². The molecule has 0 aliphatic carbocycles. The van der Waals surface area contributed by atoms with Gasteiger partial charge in [0, 0.05) is 6.54 Å². The van der Waals surface area contributed by atoms with E-state index in [1.54, 1.807) is 0 Å². The fraction of sp³-hybridized carbons (Fsp3) is 0.364. The number of hydrogen-bond acceptors (Lipinski definition) is 3. The largest absolute Gasteiger partial charge is 0.394 e. The molecule has 0 atom stereocenters. The molecule has 4 nitrogen and oxygen atoms in total. The minimum absolute atomic E-state index is 0.0726. The summed E-state index contributed by atoms with van der Waals surface area (Å²) in [6.07, 6.45) is 0. The molecule has 0 spiro atoms. The van der Waals surface area contributed by atoms with Gasteiger partial charge in [0.2, 0.25) is 0 Å². The Morgan fingerprint density at radius 3 is 2.94 bits per heavy atom. The standard InChI is InChI=1S/C11H13ClFNO3/c12-9-3-1-2-8(10(9)13)11(16)14-4-6-17-7-5-15/h1-3,15H,4-7H2,(H,14,16). The maximum absolute atomic E-state index is 13.4. The molecule has 1 amide bonds. The zero-order valence-corrected chi connectivity index (χ0v) is 9.84. The van der Waals surface area contributed by atoms with Crippen LogP contribution >= 0.6 is 11.6 Å². The van der Waals surface area contributed by atoms with E-state index in [9.17, 15) is 9.18 Å². The second-order valence-corrected chi connectivity index (χ2v) is 3.60. The first kappa shape index (κ1) is 13.9. The number of aliphatic hydroxyl groups is 1. The molecule has 1 rings (SSSR count). The van der Waals surface area contributed by atoms with E-state index in [1.165, 1.54) is 18.2 Å². The lowest BCUT2D eigenvalue weighted by atomic mass is 10.2. The maximum Gasteiger partial charge on any atom is 0.254 e. The van der Waals surface area contributed by atoms with Crippen LogP contribution in [0.4, 0.5) is 4.39 Å². The SMILES string of the molecule is O=C(NCCOCCO)c1cccc(Cl)c1F. The third-order valence-corrected chi connectivity index (χ3v) is 2.26. The Balaban J connectivity index is 2.44. The highest BCUT2D eigenvalue weighted by atomic mass is 35.5. The van der Waals surface area contributed by atoms with Crippen LogP contribution in [0.15, 0.2) is 18.2 Å². The molecule has 1 aromatic carbocycles. The number of amides is 1. The third-order valence-electron chi connectivity index (χ3n) is 1.96. The summed E-state index contributed by atoms with van der Waals surface area (Å²) in [6, 6.07) is 4.23. The van der Waals surface area contributed by atoms with Gasteiger partial charge in [0.25, 0.3) is 5.91 Å². The van der Waals surface area contributed by atoms with Gasteiger partial charge in [-0.3, -0.25) is 4.79 Å². The number of rotatable bonds is 6. The number of hydrogen-bond donors (Lipinski definition) is 2. The highest BCUT2D eigenvalue weighted by Gasteiger charge is 2.13. The summed E-state index contributed by atoms with van der Waals surface area (Å²) >= 11 is 5.55. The van der Waals surface area contributed by atoms with Crippen molar-refractivity contribution in [1.29, 1.82) is 0 Å². The monoisotopic (exact) mass is 261 g/mol. The molecule has 0 aliphatic heterocycles. The summed E-state index contributed by atoms with van der Waals surface area (Å²) < 4.78 is 18.4. The van der Waals surface area contributed by atoms with Crippen LogP contribution in [-0.4, -0.2) is 37.4 Å². The molecular weight excluding hydrogens is 249 g/mol. The van der Waals surface area contributed by atoms with Crippen molar-refractivity contribution < 1.29 is 19.0 Å². The number of ether oxygens (including phenoxy) is 1. The summed E-state index contributed by atoms with van der Waals surface area (Å²) in [5.41, 5.74) is -0.0975. The number of carbonyl (C=O) groups excluding carboxylic acids is 1. The quantitative estimate of drug-likeness (QED) is 0.757. The smallest absolute Gasteiger partial charge is 0.254 e. The molecule has 94 valence electrons. The lowest BCUT2D eigenvalue weighted by molar-refractivity contribution is 0.0836. The average Bonchev–Trinajstić information content (AvgIpc) is 2.32. The van der Waals surface area contributed by atoms with Gasteiger partial charge in [-0.25, -0.2) is 4.39 Å². The molecule has 0 bridgehead atoms. The van der Waals surface area contributed by atoms with Gasteiger partial charge in [-0.15, -0.1) is 0 Å². The van der Waals surface area contributed by atoms with Crippen LogP contribution < -0.4 is 5.32 Å². The van der Waals surface area contributed by atoms with Crippen LogP contribution in [0, 0.1) is 5.82 Å². The molecule has 0 saturated heterocycles. The predicted molar refractivity (Wildman–Crippen MR) is 61.6 cm³/mol. The van der Waals surface area contributed by atoms with Crippen molar-refractivity contribution in [2.45, 2.75) is 0 Å². The molecule has 0 aromatic heterocycles. The van der Waals surface area contributed by atoms with E-state index in [-0.39, 0.29) is 37.0 Å². The minimum Gasteiger partial charge on any atom is -0.394 e. The molecule has 6 heteroatoms. The van der Waals surface area contributed by atoms with Gasteiger partial charge in [-0.2, -0.15) is 0 Å². The Morgan fingerprint density at radius 2 is 2.24 bits per heavy atom. The van der Waals surface area contributed by atoms with Crippen LogP contribution in [-0.2, 0) is 4.74 Å². The summed E-state index contributed by atoms with van der Waals surface area (Å²) in [7, 11) is 0. The number of benzene rings is 1. The second-order valence-electron chi connectivity index (χ2n) is 3.19. The molecule has 0 saturated carbocycles. The fourth-order valence-electron chi connectivity index (χ4n) is 1.18. The van der Waals surface area contributed by atoms with Gasteiger partial charge in [-0.05, 0) is 12.1 Å². The molecule has 0 unspecified atom stereocenters. The molecule has 0 heterocycles. The van der Waals surface area contributed by atoms with E-state index >= 15 is 0 Å². The van der Waals surface area contributed by atoms with E-state index in [2.05, 4.69) is 5.32 Å². The highest BCUT2D eigenvalue weighted by molar-refractivity contribution is 6.31. The van der Waals surface area contributed by atoms with Crippen molar-refractivity contribution in [3.63, 3.8) is 0 Å². The van der Waals surface area contributed by atoms with Gasteiger partial charge < -0.3 is 15.2 Å². The van der Waals surface area contributed by atoms with Crippen LogP contribution in [0.5, 0.6) is 0 Å². The number of nitrogens with one attached hydrogen (secondary N) is 1. The molecule has 1 aromatic rings. The van der Waals surface area contributed by atoms with E-state index in [0.29, 0.717) is 0 Å². The van der Waals surface area contributed by atoms with Gasteiger partial charge in [0.1, 0.15) is 0 Å². The van der Waals surface area contributed by atoms with E-state index in [4.69, 9.17) is 21.4 Å². The predicted octanol–water partition coefficient (Wildman–Crippen LogP) is 1.22. The number of carbonyl (C=O) groups is 1. The second kappa shape index (κ2) is 7.21. The lowest BCUT2D eigenvalue weighted by Crippen LogP contribution is -2.28.